The van der Waals surface area contributed by atoms with Crippen molar-refractivity contribution in [3.05, 3.63) is 35.9 Å². The molecule has 0 radical (unpaired) electrons. The Labute approximate surface area is 98.0 Å². The fourth-order valence-electron chi connectivity index (χ4n) is 1.48. The number of carbonyl (C=O) groups is 1. The molecule has 0 unspecified atom stereocenters. The fourth-order valence-corrected chi connectivity index (χ4v) is 1.48. The van der Waals surface area contributed by atoms with Crippen molar-refractivity contribution >= 4 is 6.03 Å². The van der Waals surface area contributed by atoms with E-state index >= 15 is 0 Å². The number of hydrogen-bond acceptors (Lipinski definition) is 2. The Morgan fingerprint density at radius 2 is 2.25 bits per heavy atom. The molecule has 1 saturated heterocycles. The molecule has 1 aromatic rings. The Kier molecular flexibility index (Phi) is 2.96. The number of carbonyl (C=O) groups excluding carboxylic acids is 1. The van der Waals surface area contributed by atoms with Crippen molar-refractivity contribution in [1.29, 1.82) is 0 Å². The largest absolute Gasteiger partial charge is 0.375 e. The molecule has 1 heterocycles. The number of nitrogens with zero attached hydrogens (tertiary/aromatic N) is 1. The zero-order chi connectivity index (χ0) is 13.0. The van der Waals surface area contributed by atoms with Crippen molar-refractivity contribution in [2.24, 2.45) is 0 Å². The molecule has 1 aliphatic rings. The molecule has 1 aliphatic heterocycles. The summed E-state index contributed by atoms with van der Waals surface area (Å²) in [7, 11) is 0. The van der Waals surface area contributed by atoms with E-state index in [1.54, 1.807) is 0 Å². The summed E-state index contributed by atoms with van der Waals surface area (Å²) in [5.41, 5.74) is 1.08. The summed E-state index contributed by atoms with van der Waals surface area (Å²) in [6, 6.07) is 9.41. The summed E-state index contributed by atoms with van der Waals surface area (Å²) < 4.78 is 20.3. The molecular weight excluding hydrogens is 204 g/mol. The molecule has 4 nitrogen and oxygen atoms in total. The number of benzene rings is 1. The summed E-state index contributed by atoms with van der Waals surface area (Å²) in [5.74, 6) is 0. The Balaban J connectivity index is 1.69. The van der Waals surface area contributed by atoms with E-state index in [9.17, 15) is 4.79 Å². The summed E-state index contributed by atoms with van der Waals surface area (Å²) in [6.07, 6.45) is 0. The lowest BCUT2D eigenvalue weighted by Gasteiger charge is -2.13. The lowest BCUT2D eigenvalue weighted by Crippen LogP contribution is -2.31. The normalized spacial score (nSPS) is 20.2. The third-order valence-corrected chi connectivity index (χ3v) is 2.37. The first-order valence-corrected chi connectivity index (χ1v) is 5.26. The minimum atomic E-state index is -1.63. The average Bonchev–Trinajstić information content (AvgIpc) is 2.59. The molecule has 2 rings (SSSR count). The van der Waals surface area contributed by atoms with Crippen LogP contribution < -0.4 is 5.32 Å². The Hall–Kier alpha value is -1.55. The first kappa shape index (κ1) is 8.58. The summed E-state index contributed by atoms with van der Waals surface area (Å²) in [5, 5.41) is 2.27. The van der Waals surface area contributed by atoms with Gasteiger partial charge in [0.15, 0.2) is 0 Å². The maximum atomic E-state index is 11.4. The molecule has 1 fully saturated rings. The van der Waals surface area contributed by atoms with Gasteiger partial charge in [0.2, 0.25) is 0 Å². The minimum absolute atomic E-state index is 0.0700. The smallest absolute Gasteiger partial charge is 0.317 e. The van der Waals surface area contributed by atoms with E-state index in [0.717, 1.165) is 5.56 Å². The number of amides is 2. The van der Waals surface area contributed by atoms with E-state index in [4.69, 9.17) is 7.48 Å². The second kappa shape index (κ2) is 5.51. The first-order chi connectivity index (χ1) is 8.57. The van der Waals surface area contributed by atoms with Crippen LogP contribution in [0.2, 0.25) is 0 Å². The lowest BCUT2D eigenvalue weighted by molar-refractivity contribution is 0.104. The zero-order valence-corrected chi connectivity index (χ0v) is 8.98. The molecule has 1 N–H and O–H groups in total. The highest BCUT2D eigenvalue weighted by atomic mass is 16.5. The van der Waals surface area contributed by atoms with Crippen LogP contribution in [0.15, 0.2) is 30.3 Å². The van der Waals surface area contributed by atoms with Gasteiger partial charge in [0.25, 0.3) is 0 Å². The Morgan fingerprint density at radius 1 is 1.44 bits per heavy atom. The Morgan fingerprint density at radius 3 is 2.94 bits per heavy atom. The highest BCUT2D eigenvalue weighted by Crippen LogP contribution is 2.01. The molecule has 0 spiro atoms. The van der Waals surface area contributed by atoms with Gasteiger partial charge in [-0.2, -0.15) is 0 Å². The topological polar surface area (TPSA) is 41.6 Å². The molecular formula is C12H16N2O2. The summed E-state index contributed by atoms with van der Waals surface area (Å²) in [4.78, 5) is 12.8. The number of ether oxygens (including phenoxy) is 1. The average molecular weight is 222 g/mol. The van der Waals surface area contributed by atoms with Gasteiger partial charge in [0.1, 0.15) is 0 Å². The van der Waals surface area contributed by atoms with Crippen molar-refractivity contribution in [3.63, 3.8) is 0 Å². The SMILES string of the molecule is [2H]C1([2H])CN(CCOCc2ccccc2)C(=O)N1. The van der Waals surface area contributed by atoms with E-state index in [1.165, 1.54) is 4.90 Å². The maximum Gasteiger partial charge on any atom is 0.317 e. The molecule has 4 heteroatoms. The molecule has 0 bridgehead atoms. The van der Waals surface area contributed by atoms with Crippen molar-refractivity contribution in [3.8, 4) is 0 Å². The monoisotopic (exact) mass is 222 g/mol. The van der Waals surface area contributed by atoms with Crippen molar-refractivity contribution in [2.75, 3.05) is 26.2 Å². The van der Waals surface area contributed by atoms with Gasteiger partial charge in [-0.25, -0.2) is 4.79 Å². The van der Waals surface area contributed by atoms with Gasteiger partial charge in [-0.1, -0.05) is 30.3 Å². The molecule has 0 aromatic heterocycles. The van der Waals surface area contributed by atoms with Crippen LogP contribution in [0.1, 0.15) is 8.30 Å². The fraction of sp³-hybridized carbons (Fsp3) is 0.417. The summed E-state index contributed by atoms with van der Waals surface area (Å²) in [6.45, 7) is -0.253. The number of nitrogens with one attached hydrogen (secondary N) is 1. The molecule has 2 amide bonds. The first-order valence-electron chi connectivity index (χ1n) is 6.26. The van der Waals surface area contributed by atoms with Gasteiger partial charge < -0.3 is 15.0 Å². The van der Waals surface area contributed by atoms with Gasteiger partial charge in [-0.05, 0) is 5.56 Å². The number of hydrogen-bond donors (Lipinski definition) is 1. The van der Waals surface area contributed by atoms with E-state index in [-0.39, 0.29) is 12.6 Å². The van der Waals surface area contributed by atoms with E-state index in [0.29, 0.717) is 19.8 Å². The van der Waals surface area contributed by atoms with Crippen LogP contribution in [0, 0.1) is 0 Å². The van der Waals surface area contributed by atoms with Gasteiger partial charge in [-0.3, -0.25) is 0 Å². The predicted molar refractivity (Wildman–Crippen MR) is 61.1 cm³/mol. The summed E-state index contributed by atoms with van der Waals surface area (Å²) >= 11 is 0. The van der Waals surface area contributed by atoms with Gasteiger partial charge in [0.05, 0.1) is 16.0 Å². The third kappa shape index (κ3) is 2.97. The number of urea groups is 1. The van der Waals surface area contributed by atoms with Crippen molar-refractivity contribution < 1.29 is 12.3 Å². The maximum absolute atomic E-state index is 11.4. The van der Waals surface area contributed by atoms with Crippen LogP contribution in [-0.4, -0.2) is 37.1 Å². The zero-order valence-electron chi connectivity index (χ0n) is 11.0. The number of rotatable bonds is 5. The van der Waals surface area contributed by atoms with Crippen LogP contribution in [0.25, 0.3) is 0 Å². The van der Waals surface area contributed by atoms with Crippen molar-refractivity contribution in [2.45, 2.75) is 6.61 Å². The van der Waals surface area contributed by atoms with Crippen LogP contribution in [0.3, 0.4) is 0 Å². The molecule has 0 aliphatic carbocycles. The second-order valence-corrected chi connectivity index (χ2v) is 3.57. The highest BCUT2D eigenvalue weighted by molar-refractivity contribution is 5.76. The highest BCUT2D eigenvalue weighted by Gasteiger charge is 2.18. The molecule has 0 atom stereocenters. The van der Waals surface area contributed by atoms with Crippen LogP contribution in [-0.2, 0) is 11.3 Å². The van der Waals surface area contributed by atoms with E-state index < -0.39 is 6.50 Å². The molecule has 1 aromatic carbocycles. The van der Waals surface area contributed by atoms with Gasteiger partial charge in [-0.15, -0.1) is 0 Å². The lowest BCUT2D eigenvalue weighted by atomic mass is 10.2. The van der Waals surface area contributed by atoms with Crippen LogP contribution >= 0.6 is 0 Å². The minimum Gasteiger partial charge on any atom is -0.375 e. The predicted octanol–water partition coefficient (Wildman–Crippen LogP) is 1.23. The molecule has 0 saturated carbocycles. The van der Waals surface area contributed by atoms with Crippen LogP contribution in [0.4, 0.5) is 4.79 Å². The Bertz CT molecular complexity index is 412. The van der Waals surface area contributed by atoms with Crippen molar-refractivity contribution in [1.82, 2.24) is 10.2 Å². The molecule has 86 valence electrons. The molecule has 16 heavy (non-hydrogen) atoms. The van der Waals surface area contributed by atoms with E-state index in [2.05, 4.69) is 5.32 Å². The quantitative estimate of drug-likeness (QED) is 0.761. The van der Waals surface area contributed by atoms with Gasteiger partial charge in [0, 0.05) is 19.6 Å². The third-order valence-electron chi connectivity index (χ3n) is 2.37. The second-order valence-electron chi connectivity index (χ2n) is 3.57. The van der Waals surface area contributed by atoms with Crippen LogP contribution in [0.5, 0.6) is 0 Å². The van der Waals surface area contributed by atoms with E-state index in [1.807, 2.05) is 30.3 Å². The standard InChI is InChI=1S/C12H16N2O2/c15-12-13-6-7-14(12)8-9-16-10-11-4-2-1-3-5-11/h1-5H,6-10H2,(H,13,15)/i6D2. The van der Waals surface area contributed by atoms with Gasteiger partial charge >= 0.3 is 6.03 Å².